The Labute approximate surface area is 244 Å². The molecule has 3 aliphatic rings. The van der Waals surface area contributed by atoms with Gasteiger partial charge in [-0.25, -0.2) is 0 Å². The van der Waals surface area contributed by atoms with Crippen molar-refractivity contribution >= 4 is 23.4 Å². The second-order valence-corrected chi connectivity index (χ2v) is 12.4. The molecule has 0 spiro atoms. The van der Waals surface area contributed by atoms with Gasteiger partial charge in [0, 0.05) is 50.4 Å². The van der Waals surface area contributed by atoms with Crippen molar-refractivity contribution < 1.29 is 4.84 Å². The van der Waals surface area contributed by atoms with Gasteiger partial charge < -0.3 is 20.4 Å². The van der Waals surface area contributed by atoms with Gasteiger partial charge in [-0.3, -0.25) is 5.32 Å². The SMILES string of the molecule is C=Cc1ccccc1C/C(=C(\C)ON1CCN(C)C(CC2(NC)CNC(C3=CNCC=C3)S2)C1)c1ccccc1. The van der Waals surface area contributed by atoms with Crippen LogP contribution in [0.2, 0.25) is 0 Å². The summed E-state index contributed by atoms with van der Waals surface area (Å²) in [6.07, 6.45) is 10.3. The summed E-state index contributed by atoms with van der Waals surface area (Å²) in [6, 6.07) is 19.5. The molecule has 6 nitrogen and oxygen atoms in total. The number of allylic oxidation sites excluding steroid dienone is 2. The number of benzene rings is 2. The maximum Gasteiger partial charge on any atom is 0.125 e. The van der Waals surface area contributed by atoms with Crippen molar-refractivity contribution in [2.45, 2.75) is 36.1 Å². The van der Waals surface area contributed by atoms with Crippen molar-refractivity contribution in [2.24, 2.45) is 0 Å². The number of nitrogens with one attached hydrogen (secondary N) is 3. The number of piperazine rings is 1. The lowest BCUT2D eigenvalue weighted by atomic mass is 9.94. The first-order valence-electron chi connectivity index (χ1n) is 14.3. The summed E-state index contributed by atoms with van der Waals surface area (Å²) >= 11 is 2.00. The molecule has 40 heavy (non-hydrogen) atoms. The fourth-order valence-electron chi connectivity index (χ4n) is 5.78. The molecule has 2 fully saturated rings. The predicted molar refractivity (Wildman–Crippen MR) is 169 cm³/mol. The Hall–Kier alpha value is -2.81. The third-order valence-electron chi connectivity index (χ3n) is 8.25. The molecule has 0 aliphatic carbocycles. The molecule has 3 heterocycles. The molecule has 2 saturated heterocycles. The first kappa shape index (κ1) is 28.7. The summed E-state index contributed by atoms with van der Waals surface area (Å²) in [6.45, 7) is 10.7. The van der Waals surface area contributed by atoms with E-state index < -0.39 is 0 Å². The average molecular weight is 558 g/mol. The zero-order chi connectivity index (χ0) is 28.0. The fraction of sp³-hybridized carbons (Fsp3) is 0.394. The molecule has 5 rings (SSSR count). The van der Waals surface area contributed by atoms with E-state index in [1.807, 2.05) is 17.8 Å². The van der Waals surface area contributed by atoms with E-state index in [1.54, 1.807) is 0 Å². The summed E-state index contributed by atoms with van der Waals surface area (Å²) in [5.74, 6) is 0.956. The first-order chi connectivity index (χ1) is 19.5. The molecule has 2 aromatic rings. The Morgan fingerprint density at radius 2 is 1.98 bits per heavy atom. The lowest BCUT2D eigenvalue weighted by Crippen LogP contribution is -2.56. The van der Waals surface area contributed by atoms with Crippen molar-refractivity contribution in [3.05, 3.63) is 108 Å². The molecule has 212 valence electrons. The van der Waals surface area contributed by atoms with E-state index in [4.69, 9.17) is 4.84 Å². The number of hydroxylamine groups is 2. The summed E-state index contributed by atoms with van der Waals surface area (Å²) in [5.41, 5.74) is 6.13. The van der Waals surface area contributed by atoms with Crippen LogP contribution in [0.3, 0.4) is 0 Å². The van der Waals surface area contributed by atoms with Gasteiger partial charge in [0.15, 0.2) is 0 Å². The number of hydrogen-bond donors (Lipinski definition) is 3. The normalized spacial score (nSPS) is 26.1. The Bertz CT molecular complexity index is 1260. The molecular formula is C33H43N5OS. The van der Waals surface area contributed by atoms with Crippen LogP contribution in [0.25, 0.3) is 11.6 Å². The van der Waals surface area contributed by atoms with Crippen LogP contribution >= 0.6 is 11.8 Å². The highest BCUT2D eigenvalue weighted by Gasteiger charge is 2.43. The third-order valence-corrected chi connectivity index (χ3v) is 9.89. The maximum absolute atomic E-state index is 6.67. The minimum absolute atomic E-state index is 0.0345. The second kappa shape index (κ2) is 13.2. The standard InChI is InChI=1S/C33H43N5OS/c1-5-26-12-9-10-15-28(26)20-31(27-13-7-6-8-14-27)25(2)39-38-19-18-37(4)30(23-38)21-33(34-3)24-36-32(40-33)29-16-11-17-35-22-29/h5-16,22,30,32,34-36H,1,17-21,23-24H2,2-4H3/b31-25-. The van der Waals surface area contributed by atoms with E-state index in [1.165, 1.54) is 22.3 Å². The molecule has 7 heteroatoms. The molecule has 3 unspecified atom stereocenters. The number of nitrogens with zero attached hydrogens (tertiary/aromatic N) is 2. The highest BCUT2D eigenvalue weighted by atomic mass is 32.2. The lowest BCUT2D eigenvalue weighted by Gasteiger charge is -2.42. The summed E-state index contributed by atoms with van der Waals surface area (Å²) in [4.78, 5) is 9.13. The van der Waals surface area contributed by atoms with Gasteiger partial charge in [0.25, 0.3) is 0 Å². The van der Waals surface area contributed by atoms with Gasteiger partial charge in [-0.15, -0.1) is 16.8 Å². The van der Waals surface area contributed by atoms with Crippen molar-refractivity contribution in [1.82, 2.24) is 25.9 Å². The second-order valence-electron chi connectivity index (χ2n) is 10.9. The lowest BCUT2D eigenvalue weighted by molar-refractivity contribution is -0.153. The maximum atomic E-state index is 6.67. The molecule has 0 radical (unpaired) electrons. The van der Waals surface area contributed by atoms with Crippen LogP contribution < -0.4 is 16.0 Å². The van der Waals surface area contributed by atoms with E-state index in [-0.39, 0.29) is 10.2 Å². The predicted octanol–water partition coefficient (Wildman–Crippen LogP) is 4.86. The smallest absolute Gasteiger partial charge is 0.125 e. The minimum Gasteiger partial charge on any atom is -0.410 e. The minimum atomic E-state index is -0.0345. The van der Waals surface area contributed by atoms with Crippen LogP contribution in [0.1, 0.15) is 30.0 Å². The van der Waals surface area contributed by atoms with E-state index in [9.17, 15) is 0 Å². The molecular weight excluding hydrogens is 514 g/mol. The molecule has 0 amide bonds. The highest BCUT2D eigenvalue weighted by molar-refractivity contribution is 8.01. The van der Waals surface area contributed by atoms with E-state index >= 15 is 0 Å². The topological polar surface area (TPSA) is 51.8 Å². The summed E-state index contributed by atoms with van der Waals surface area (Å²) in [7, 11) is 4.34. The molecule has 0 aromatic heterocycles. The van der Waals surface area contributed by atoms with Crippen molar-refractivity contribution in [3.8, 4) is 0 Å². The number of thioether (sulfide) groups is 1. The first-order valence-corrected chi connectivity index (χ1v) is 15.2. The Morgan fingerprint density at radius 3 is 2.73 bits per heavy atom. The van der Waals surface area contributed by atoms with Gasteiger partial charge in [-0.05, 0) is 49.7 Å². The Morgan fingerprint density at radius 1 is 1.18 bits per heavy atom. The Kier molecular flexibility index (Phi) is 9.50. The quantitative estimate of drug-likeness (QED) is 0.361. The summed E-state index contributed by atoms with van der Waals surface area (Å²) in [5, 5.41) is 13.2. The van der Waals surface area contributed by atoms with E-state index in [2.05, 4.69) is 126 Å². The van der Waals surface area contributed by atoms with Crippen LogP contribution in [-0.4, -0.2) is 73.1 Å². The zero-order valence-corrected chi connectivity index (χ0v) is 24.8. The van der Waals surface area contributed by atoms with Crippen LogP contribution in [0.15, 0.2) is 90.9 Å². The van der Waals surface area contributed by atoms with Gasteiger partial charge in [-0.1, -0.05) is 79.4 Å². The molecule has 3 atom stereocenters. The summed E-state index contributed by atoms with van der Waals surface area (Å²) < 4.78 is 0. The largest absolute Gasteiger partial charge is 0.410 e. The van der Waals surface area contributed by atoms with Crippen LogP contribution in [0.5, 0.6) is 0 Å². The van der Waals surface area contributed by atoms with Crippen molar-refractivity contribution in [1.29, 1.82) is 0 Å². The highest BCUT2D eigenvalue weighted by Crippen LogP contribution is 2.39. The number of dihydropyridines is 1. The van der Waals surface area contributed by atoms with Crippen LogP contribution in [0, 0.1) is 0 Å². The molecule has 0 saturated carbocycles. The molecule has 3 aliphatic heterocycles. The third kappa shape index (κ3) is 6.73. The molecule has 3 N–H and O–H groups in total. The van der Waals surface area contributed by atoms with Gasteiger partial charge in [0.05, 0.1) is 16.8 Å². The van der Waals surface area contributed by atoms with Crippen LogP contribution in [-0.2, 0) is 11.3 Å². The van der Waals surface area contributed by atoms with Crippen LogP contribution in [0.4, 0.5) is 0 Å². The number of rotatable bonds is 10. The van der Waals surface area contributed by atoms with E-state index in [0.717, 1.165) is 56.9 Å². The van der Waals surface area contributed by atoms with Crippen molar-refractivity contribution in [3.63, 3.8) is 0 Å². The van der Waals surface area contributed by atoms with Gasteiger partial charge in [0.2, 0.25) is 0 Å². The van der Waals surface area contributed by atoms with Crippen molar-refractivity contribution in [2.75, 3.05) is 46.8 Å². The van der Waals surface area contributed by atoms with E-state index in [0.29, 0.717) is 6.04 Å². The van der Waals surface area contributed by atoms with Gasteiger partial charge >= 0.3 is 0 Å². The fourth-order valence-corrected chi connectivity index (χ4v) is 7.25. The number of likely N-dealkylation sites (N-methyl/N-ethyl adjacent to an activating group) is 2. The Balaban J connectivity index is 1.31. The average Bonchev–Trinajstić information content (AvgIpc) is 3.43. The van der Waals surface area contributed by atoms with Gasteiger partial charge in [-0.2, -0.15) is 0 Å². The molecule has 0 bridgehead atoms. The monoisotopic (exact) mass is 557 g/mol. The zero-order valence-electron chi connectivity index (χ0n) is 24.0. The van der Waals surface area contributed by atoms with Gasteiger partial charge in [0.1, 0.15) is 5.76 Å². The molecule has 2 aromatic carbocycles. The number of hydrogen-bond acceptors (Lipinski definition) is 7.